The first-order chi connectivity index (χ1) is 7.04. The number of carbonyl (C=O) groups is 1. The Hall–Kier alpha value is -1.03. The van der Waals surface area contributed by atoms with Gasteiger partial charge in [0.25, 0.3) is 0 Å². The van der Waals surface area contributed by atoms with Crippen LogP contribution in [0.1, 0.15) is 11.1 Å². The molecule has 0 spiro atoms. The predicted octanol–water partition coefficient (Wildman–Crippen LogP) is 2.39. The molecule has 1 N–H and O–H groups in total. The second-order valence-corrected chi connectivity index (χ2v) is 4.43. The van der Waals surface area contributed by atoms with Crippen molar-refractivity contribution in [2.75, 3.05) is 7.11 Å². The molecule has 0 aliphatic carbocycles. The quantitative estimate of drug-likeness (QED) is 0.857. The summed E-state index contributed by atoms with van der Waals surface area (Å²) in [6.07, 6.45) is 0.417. The number of carboxylic acids is 1. The van der Waals surface area contributed by atoms with Crippen LogP contribution in [-0.2, 0) is 11.2 Å². The van der Waals surface area contributed by atoms with Crippen molar-refractivity contribution in [2.24, 2.45) is 0 Å². The van der Waals surface area contributed by atoms with Crippen LogP contribution >= 0.6 is 15.9 Å². The molecule has 0 aliphatic rings. The number of methoxy groups -OCH3 is 1. The SMILES string of the molecule is COc1ccc(C)cc1CC(Br)C(=O)O. The number of benzene rings is 1. The van der Waals surface area contributed by atoms with Gasteiger partial charge in [-0.15, -0.1) is 0 Å². The highest BCUT2D eigenvalue weighted by Crippen LogP contribution is 2.23. The molecule has 0 radical (unpaired) electrons. The number of ether oxygens (including phenoxy) is 1. The van der Waals surface area contributed by atoms with Crippen LogP contribution in [-0.4, -0.2) is 23.0 Å². The fraction of sp³-hybridized carbons (Fsp3) is 0.364. The number of halogens is 1. The third-order valence-electron chi connectivity index (χ3n) is 2.10. The van der Waals surface area contributed by atoms with Gasteiger partial charge in [-0.3, -0.25) is 4.79 Å². The van der Waals surface area contributed by atoms with Crippen molar-refractivity contribution in [1.82, 2.24) is 0 Å². The van der Waals surface area contributed by atoms with E-state index in [4.69, 9.17) is 9.84 Å². The summed E-state index contributed by atoms with van der Waals surface area (Å²) in [5.74, 6) is -0.134. The fourth-order valence-corrected chi connectivity index (χ4v) is 1.70. The van der Waals surface area contributed by atoms with Gasteiger partial charge in [-0.1, -0.05) is 33.6 Å². The van der Waals surface area contributed by atoms with Gasteiger partial charge in [0.15, 0.2) is 0 Å². The molecule has 1 aromatic rings. The predicted molar refractivity (Wildman–Crippen MR) is 61.8 cm³/mol. The van der Waals surface area contributed by atoms with Crippen molar-refractivity contribution in [3.8, 4) is 5.75 Å². The molecule has 15 heavy (non-hydrogen) atoms. The van der Waals surface area contributed by atoms with Crippen molar-refractivity contribution in [3.05, 3.63) is 29.3 Å². The summed E-state index contributed by atoms with van der Waals surface area (Å²) in [6.45, 7) is 1.97. The summed E-state index contributed by atoms with van der Waals surface area (Å²) in [4.78, 5) is 10.1. The molecular formula is C11H13BrO3. The lowest BCUT2D eigenvalue weighted by Crippen LogP contribution is -2.15. The maximum atomic E-state index is 10.7. The lowest BCUT2D eigenvalue weighted by atomic mass is 10.1. The van der Waals surface area contributed by atoms with Crippen molar-refractivity contribution in [3.63, 3.8) is 0 Å². The van der Waals surface area contributed by atoms with E-state index in [1.165, 1.54) is 0 Å². The zero-order valence-corrected chi connectivity index (χ0v) is 10.2. The van der Waals surface area contributed by atoms with Gasteiger partial charge in [-0.2, -0.15) is 0 Å². The van der Waals surface area contributed by atoms with Crippen molar-refractivity contribution < 1.29 is 14.6 Å². The minimum atomic E-state index is -0.862. The van der Waals surface area contributed by atoms with Crippen LogP contribution in [0.25, 0.3) is 0 Å². The van der Waals surface area contributed by atoms with Crippen molar-refractivity contribution >= 4 is 21.9 Å². The molecule has 0 heterocycles. The van der Waals surface area contributed by atoms with Crippen LogP contribution in [0, 0.1) is 6.92 Å². The van der Waals surface area contributed by atoms with Crippen LogP contribution < -0.4 is 4.74 Å². The van der Waals surface area contributed by atoms with Gasteiger partial charge in [0, 0.05) is 0 Å². The number of rotatable bonds is 4. The highest BCUT2D eigenvalue weighted by Gasteiger charge is 2.16. The Morgan fingerprint density at radius 1 is 1.60 bits per heavy atom. The number of aliphatic carboxylic acids is 1. The number of hydrogen-bond donors (Lipinski definition) is 1. The summed E-state index contributed by atoms with van der Waals surface area (Å²) in [5, 5.41) is 8.79. The van der Waals surface area contributed by atoms with E-state index in [0.717, 1.165) is 16.9 Å². The van der Waals surface area contributed by atoms with E-state index in [0.29, 0.717) is 6.42 Å². The monoisotopic (exact) mass is 272 g/mol. The molecule has 1 rings (SSSR count). The van der Waals surface area contributed by atoms with E-state index in [1.54, 1.807) is 7.11 Å². The Kier molecular flexibility index (Phi) is 4.15. The molecule has 4 heteroatoms. The van der Waals surface area contributed by atoms with Crippen LogP contribution in [0.3, 0.4) is 0 Å². The third-order valence-corrected chi connectivity index (χ3v) is 2.82. The third kappa shape index (κ3) is 3.23. The smallest absolute Gasteiger partial charge is 0.317 e. The molecule has 1 unspecified atom stereocenters. The Labute approximate surface area is 97.2 Å². The number of alkyl halides is 1. The minimum absolute atomic E-state index is 0.417. The molecule has 3 nitrogen and oxygen atoms in total. The summed E-state index contributed by atoms with van der Waals surface area (Å²) in [5.41, 5.74) is 2.00. The van der Waals surface area contributed by atoms with Gasteiger partial charge in [0.05, 0.1) is 7.11 Å². The molecule has 0 saturated carbocycles. The topological polar surface area (TPSA) is 46.5 Å². The van der Waals surface area contributed by atoms with E-state index in [9.17, 15) is 4.79 Å². The summed E-state index contributed by atoms with van der Waals surface area (Å²) in [6, 6.07) is 5.73. The highest BCUT2D eigenvalue weighted by molar-refractivity contribution is 9.10. The molecule has 0 amide bonds. The van der Waals surface area contributed by atoms with Gasteiger partial charge >= 0.3 is 5.97 Å². The van der Waals surface area contributed by atoms with Crippen molar-refractivity contribution in [2.45, 2.75) is 18.2 Å². The second-order valence-electron chi connectivity index (χ2n) is 3.33. The number of hydrogen-bond acceptors (Lipinski definition) is 2. The lowest BCUT2D eigenvalue weighted by molar-refractivity contribution is -0.136. The van der Waals surface area contributed by atoms with Gasteiger partial charge in [0.2, 0.25) is 0 Å². The zero-order chi connectivity index (χ0) is 11.4. The average molecular weight is 273 g/mol. The van der Waals surface area contributed by atoms with E-state index < -0.39 is 10.8 Å². The number of carboxylic acid groups (broad SMARTS) is 1. The first-order valence-corrected chi connectivity index (χ1v) is 5.46. The molecule has 0 saturated heterocycles. The minimum Gasteiger partial charge on any atom is -0.496 e. The summed E-state index contributed by atoms with van der Waals surface area (Å²) >= 11 is 3.11. The van der Waals surface area contributed by atoms with Crippen LogP contribution in [0.5, 0.6) is 5.75 Å². The van der Waals surface area contributed by atoms with Gasteiger partial charge in [0.1, 0.15) is 10.6 Å². The van der Waals surface area contributed by atoms with Gasteiger partial charge in [-0.05, 0) is 25.0 Å². The molecule has 0 aliphatic heterocycles. The van der Waals surface area contributed by atoms with Crippen molar-refractivity contribution in [1.29, 1.82) is 0 Å². The maximum absolute atomic E-state index is 10.7. The Balaban J connectivity index is 2.91. The summed E-state index contributed by atoms with van der Waals surface area (Å²) in [7, 11) is 1.58. The first-order valence-electron chi connectivity index (χ1n) is 4.55. The lowest BCUT2D eigenvalue weighted by Gasteiger charge is -2.10. The highest BCUT2D eigenvalue weighted by atomic mass is 79.9. The van der Waals surface area contributed by atoms with Crippen LogP contribution in [0.4, 0.5) is 0 Å². The first kappa shape index (κ1) is 12.0. The van der Waals surface area contributed by atoms with E-state index in [1.807, 2.05) is 25.1 Å². The Bertz CT molecular complexity index is 363. The number of aryl methyl sites for hydroxylation is 1. The fourth-order valence-electron chi connectivity index (χ4n) is 1.35. The van der Waals surface area contributed by atoms with Gasteiger partial charge in [-0.25, -0.2) is 0 Å². The Morgan fingerprint density at radius 2 is 2.27 bits per heavy atom. The Morgan fingerprint density at radius 3 is 2.80 bits per heavy atom. The molecular weight excluding hydrogens is 260 g/mol. The van der Waals surface area contributed by atoms with E-state index >= 15 is 0 Å². The van der Waals surface area contributed by atoms with Crippen LogP contribution in [0.15, 0.2) is 18.2 Å². The van der Waals surface area contributed by atoms with E-state index in [2.05, 4.69) is 15.9 Å². The average Bonchev–Trinajstić information content (AvgIpc) is 2.18. The molecule has 0 fully saturated rings. The standard InChI is InChI=1S/C11H13BrO3/c1-7-3-4-10(15-2)8(5-7)6-9(12)11(13)14/h3-5,9H,6H2,1-2H3,(H,13,14). The zero-order valence-electron chi connectivity index (χ0n) is 8.66. The molecule has 0 aromatic heterocycles. The van der Waals surface area contributed by atoms with Crippen LogP contribution in [0.2, 0.25) is 0 Å². The molecule has 1 aromatic carbocycles. The second kappa shape index (κ2) is 5.16. The molecule has 0 bridgehead atoms. The van der Waals surface area contributed by atoms with E-state index in [-0.39, 0.29) is 0 Å². The summed E-state index contributed by atoms with van der Waals surface area (Å²) < 4.78 is 5.17. The maximum Gasteiger partial charge on any atom is 0.317 e. The van der Waals surface area contributed by atoms with Gasteiger partial charge < -0.3 is 9.84 Å². The normalized spacial score (nSPS) is 12.2. The molecule has 1 atom stereocenters. The largest absolute Gasteiger partial charge is 0.496 e. The molecule has 82 valence electrons.